The summed E-state index contributed by atoms with van der Waals surface area (Å²) in [5.74, 6) is 0.449. The number of fused-ring (bicyclic) bond motifs is 1. The number of esters is 1. The van der Waals surface area contributed by atoms with Crippen LogP contribution in [-0.4, -0.2) is 30.7 Å². The van der Waals surface area contributed by atoms with Gasteiger partial charge in [0.15, 0.2) is 0 Å². The fourth-order valence-electron chi connectivity index (χ4n) is 2.42. The Morgan fingerprint density at radius 2 is 2.20 bits per heavy atom. The van der Waals surface area contributed by atoms with E-state index in [1.165, 1.54) is 0 Å². The molecule has 5 nitrogen and oxygen atoms in total. The van der Waals surface area contributed by atoms with Gasteiger partial charge in [-0.05, 0) is 31.5 Å². The minimum absolute atomic E-state index is 0.341. The Morgan fingerprint density at radius 1 is 1.45 bits per heavy atom. The SMILES string of the molecule is CCOC(=O)C(N)Cc1c[nH]c2ccc(OC)c(C)c12. The van der Waals surface area contributed by atoms with Gasteiger partial charge < -0.3 is 20.2 Å². The number of H-pyrrole nitrogens is 1. The van der Waals surface area contributed by atoms with Crippen LogP contribution < -0.4 is 10.5 Å². The maximum atomic E-state index is 11.6. The van der Waals surface area contributed by atoms with Crippen LogP contribution in [0.2, 0.25) is 0 Å². The predicted octanol–water partition coefficient (Wildman–Crippen LogP) is 1.92. The molecule has 0 aliphatic heterocycles. The first-order chi connectivity index (χ1) is 9.58. The first kappa shape index (κ1) is 14.4. The van der Waals surface area contributed by atoms with Crippen molar-refractivity contribution in [2.45, 2.75) is 26.3 Å². The van der Waals surface area contributed by atoms with Crippen LogP contribution in [0.3, 0.4) is 0 Å². The number of carbonyl (C=O) groups excluding carboxylic acids is 1. The monoisotopic (exact) mass is 276 g/mol. The van der Waals surface area contributed by atoms with E-state index in [9.17, 15) is 4.79 Å². The van der Waals surface area contributed by atoms with Gasteiger partial charge in [0.25, 0.3) is 0 Å². The highest BCUT2D eigenvalue weighted by Gasteiger charge is 2.18. The number of nitrogens with one attached hydrogen (secondary N) is 1. The molecule has 0 amide bonds. The smallest absolute Gasteiger partial charge is 0.323 e. The van der Waals surface area contributed by atoms with Crippen LogP contribution in [0, 0.1) is 6.92 Å². The van der Waals surface area contributed by atoms with Gasteiger partial charge >= 0.3 is 5.97 Å². The number of nitrogens with two attached hydrogens (primary N) is 1. The normalized spacial score (nSPS) is 12.4. The number of hydrogen-bond donors (Lipinski definition) is 2. The Morgan fingerprint density at radius 3 is 2.85 bits per heavy atom. The number of hydrogen-bond acceptors (Lipinski definition) is 4. The van der Waals surface area contributed by atoms with Gasteiger partial charge in [0.05, 0.1) is 13.7 Å². The molecule has 0 aliphatic carbocycles. The molecule has 0 spiro atoms. The van der Waals surface area contributed by atoms with Crippen LogP contribution in [0.1, 0.15) is 18.1 Å². The van der Waals surface area contributed by atoms with Gasteiger partial charge in [-0.2, -0.15) is 0 Å². The summed E-state index contributed by atoms with van der Waals surface area (Å²) in [7, 11) is 1.64. The molecule has 0 saturated carbocycles. The summed E-state index contributed by atoms with van der Waals surface area (Å²) in [5.41, 5.74) is 8.93. The zero-order valence-electron chi connectivity index (χ0n) is 12.0. The van der Waals surface area contributed by atoms with Crippen molar-refractivity contribution in [2.75, 3.05) is 13.7 Å². The number of methoxy groups -OCH3 is 1. The Kier molecular flexibility index (Phi) is 4.29. The molecular formula is C15H20N2O3. The van der Waals surface area contributed by atoms with Gasteiger partial charge in [0.1, 0.15) is 11.8 Å². The van der Waals surface area contributed by atoms with Crippen molar-refractivity contribution in [1.29, 1.82) is 0 Å². The molecular weight excluding hydrogens is 256 g/mol. The van der Waals surface area contributed by atoms with E-state index < -0.39 is 6.04 Å². The molecule has 1 aromatic carbocycles. The van der Waals surface area contributed by atoms with Crippen molar-refractivity contribution in [2.24, 2.45) is 5.73 Å². The fraction of sp³-hybridized carbons (Fsp3) is 0.400. The number of benzene rings is 1. The van der Waals surface area contributed by atoms with E-state index in [0.29, 0.717) is 13.0 Å². The third-order valence-corrected chi connectivity index (χ3v) is 3.39. The number of aryl methyl sites for hydroxylation is 1. The molecule has 1 atom stereocenters. The van der Waals surface area contributed by atoms with Crippen LogP contribution in [0.15, 0.2) is 18.3 Å². The molecule has 2 aromatic rings. The quantitative estimate of drug-likeness (QED) is 0.818. The van der Waals surface area contributed by atoms with Gasteiger partial charge in [-0.3, -0.25) is 4.79 Å². The molecule has 1 heterocycles. The van der Waals surface area contributed by atoms with Crippen molar-refractivity contribution in [3.8, 4) is 5.75 Å². The number of aromatic nitrogens is 1. The van der Waals surface area contributed by atoms with Gasteiger partial charge in [-0.15, -0.1) is 0 Å². The van der Waals surface area contributed by atoms with Crippen LogP contribution in [-0.2, 0) is 16.0 Å². The second-order valence-electron chi connectivity index (χ2n) is 4.69. The zero-order valence-corrected chi connectivity index (χ0v) is 12.0. The summed E-state index contributed by atoms with van der Waals surface area (Å²) in [6, 6.07) is 3.23. The van der Waals surface area contributed by atoms with Gasteiger partial charge in [0.2, 0.25) is 0 Å². The zero-order chi connectivity index (χ0) is 14.7. The fourth-order valence-corrected chi connectivity index (χ4v) is 2.42. The number of aromatic amines is 1. The molecule has 0 bridgehead atoms. The first-order valence-electron chi connectivity index (χ1n) is 6.64. The lowest BCUT2D eigenvalue weighted by molar-refractivity contribution is -0.144. The molecule has 0 saturated heterocycles. The highest BCUT2D eigenvalue weighted by molar-refractivity contribution is 5.89. The van der Waals surface area contributed by atoms with Gasteiger partial charge in [-0.1, -0.05) is 0 Å². The van der Waals surface area contributed by atoms with Crippen molar-refractivity contribution in [1.82, 2.24) is 4.98 Å². The van der Waals surface area contributed by atoms with Crippen LogP contribution in [0.25, 0.3) is 10.9 Å². The summed E-state index contributed by atoms with van der Waals surface area (Å²) in [6.07, 6.45) is 2.32. The van der Waals surface area contributed by atoms with Gasteiger partial charge in [0, 0.05) is 29.1 Å². The Labute approximate surface area is 118 Å². The molecule has 1 unspecified atom stereocenters. The summed E-state index contributed by atoms with van der Waals surface area (Å²) >= 11 is 0. The second kappa shape index (κ2) is 5.96. The molecule has 5 heteroatoms. The highest BCUT2D eigenvalue weighted by atomic mass is 16.5. The van der Waals surface area contributed by atoms with Crippen molar-refractivity contribution in [3.05, 3.63) is 29.5 Å². The third-order valence-electron chi connectivity index (χ3n) is 3.39. The van der Waals surface area contributed by atoms with E-state index in [1.807, 2.05) is 25.3 Å². The minimum atomic E-state index is -0.653. The van der Waals surface area contributed by atoms with Crippen LogP contribution >= 0.6 is 0 Å². The van der Waals surface area contributed by atoms with E-state index in [2.05, 4.69) is 4.98 Å². The lowest BCUT2D eigenvalue weighted by Gasteiger charge is -2.11. The van der Waals surface area contributed by atoms with E-state index in [0.717, 1.165) is 27.8 Å². The Balaban J connectivity index is 2.33. The predicted molar refractivity (Wildman–Crippen MR) is 77.9 cm³/mol. The van der Waals surface area contributed by atoms with Crippen molar-refractivity contribution >= 4 is 16.9 Å². The molecule has 20 heavy (non-hydrogen) atoms. The molecule has 0 fully saturated rings. The van der Waals surface area contributed by atoms with E-state index in [4.69, 9.17) is 15.2 Å². The lowest BCUT2D eigenvalue weighted by Crippen LogP contribution is -2.34. The maximum absolute atomic E-state index is 11.6. The topological polar surface area (TPSA) is 77.3 Å². The molecule has 108 valence electrons. The van der Waals surface area contributed by atoms with Crippen molar-refractivity contribution in [3.63, 3.8) is 0 Å². The third kappa shape index (κ3) is 2.63. The summed E-state index contributed by atoms with van der Waals surface area (Å²) < 4.78 is 10.3. The Bertz CT molecular complexity index is 619. The summed E-state index contributed by atoms with van der Waals surface area (Å²) in [4.78, 5) is 14.8. The van der Waals surface area contributed by atoms with Gasteiger partial charge in [-0.25, -0.2) is 0 Å². The molecule has 0 aliphatic rings. The average Bonchev–Trinajstić information content (AvgIpc) is 2.83. The van der Waals surface area contributed by atoms with Crippen LogP contribution in [0.5, 0.6) is 5.75 Å². The Hall–Kier alpha value is -2.01. The van der Waals surface area contributed by atoms with Crippen molar-refractivity contribution < 1.29 is 14.3 Å². The molecule has 3 N–H and O–H groups in total. The summed E-state index contributed by atoms with van der Waals surface area (Å²) in [6.45, 7) is 4.10. The van der Waals surface area contributed by atoms with Crippen LogP contribution in [0.4, 0.5) is 0 Å². The van der Waals surface area contributed by atoms with E-state index in [-0.39, 0.29) is 5.97 Å². The minimum Gasteiger partial charge on any atom is -0.496 e. The number of rotatable bonds is 5. The largest absolute Gasteiger partial charge is 0.496 e. The lowest BCUT2D eigenvalue weighted by atomic mass is 10.0. The molecule has 2 rings (SSSR count). The summed E-state index contributed by atoms with van der Waals surface area (Å²) in [5, 5.41) is 1.06. The average molecular weight is 276 g/mol. The highest BCUT2D eigenvalue weighted by Crippen LogP contribution is 2.30. The standard InChI is InChI=1S/C15H20N2O3/c1-4-20-15(18)11(16)7-10-8-17-12-5-6-13(19-3)9(2)14(10)12/h5-6,8,11,17H,4,7,16H2,1-3H3. The van der Waals surface area contributed by atoms with E-state index in [1.54, 1.807) is 14.0 Å². The van der Waals surface area contributed by atoms with E-state index >= 15 is 0 Å². The maximum Gasteiger partial charge on any atom is 0.323 e. The number of carbonyl (C=O) groups is 1. The second-order valence-corrected chi connectivity index (χ2v) is 4.69. The number of ether oxygens (including phenoxy) is 2. The molecule has 1 aromatic heterocycles. The molecule has 0 radical (unpaired) electrons. The first-order valence-corrected chi connectivity index (χ1v) is 6.64.